The molecule has 1 unspecified atom stereocenters. The Bertz CT molecular complexity index is 922. The van der Waals surface area contributed by atoms with Crippen LogP contribution in [0.25, 0.3) is 11.1 Å². The monoisotopic (exact) mass is 392 g/mol. The van der Waals surface area contributed by atoms with Gasteiger partial charge in [0.05, 0.1) is 19.1 Å². The summed E-state index contributed by atoms with van der Waals surface area (Å²) in [6, 6.07) is 15.9. The number of fused-ring (bicyclic) bond motifs is 3. The Morgan fingerprint density at radius 2 is 1.72 bits per heavy atom. The van der Waals surface area contributed by atoms with Gasteiger partial charge in [-0.25, -0.2) is 0 Å². The number of carbonyl (C=O) groups is 1. The Morgan fingerprint density at radius 3 is 2.45 bits per heavy atom. The summed E-state index contributed by atoms with van der Waals surface area (Å²) in [5, 5.41) is 0. The minimum absolute atomic E-state index is 0.0603. The Kier molecular flexibility index (Phi) is 5.06. The standard InChI is InChI=1S/C26H34NO2/c1-18(2)27(5,19(3)4)16-17-29-25(28)26-15-9-11-20-10-8-13-22(24(20)26)21-12-6-7-14-23(21)26/h6-8,10,12-14,18-19H,9,11,15-17H2,1-5H3/q+1. The second kappa shape index (κ2) is 7.28. The summed E-state index contributed by atoms with van der Waals surface area (Å²) in [4.78, 5) is 13.7. The van der Waals surface area contributed by atoms with Gasteiger partial charge < -0.3 is 9.22 Å². The van der Waals surface area contributed by atoms with E-state index in [1.807, 2.05) is 0 Å². The van der Waals surface area contributed by atoms with Crippen LogP contribution in [-0.4, -0.2) is 42.7 Å². The molecule has 3 nitrogen and oxygen atoms in total. The highest BCUT2D eigenvalue weighted by atomic mass is 16.5. The quantitative estimate of drug-likeness (QED) is 0.505. The molecule has 0 saturated carbocycles. The Morgan fingerprint density at radius 1 is 1.03 bits per heavy atom. The van der Waals surface area contributed by atoms with E-state index in [2.05, 4.69) is 77.2 Å². The maximum atomic E-state index is 13.7. The maximum absolute atomic E-state index is 13.7. The van der Waals surface area contributed by atoms with E-state index in [9.17, 15) is 4.79 Å². The van der Waals surface area contributed by atoms with Gasteiger partial charge in [0.1, 0.15) is 18.6 Å². The summed E-state index contributed by atoms with van der Waals surface area (Å²) in [7, 11) is 2.26. The number of nitrogens with zero attached hydrogens (tertiary/aromatic N) is 1. The van der Waals surface area contributed by atoms with Crippen LogP contribution in [0.3, 0.4) is 0 Å². The second-order valence-electron chi connectivity index (χ2n) is 9.54. The molecule has 0 aliphatic heterocycles. The minimum atomic E-state index is -0.625. The lowest BCUT2D eigenvalue weighted by Crippen LogP contribution is -2.56. The second-order valence-corrected chi connectivity index (χ2v) is 9.54. The molecule has 2 aliphatic carbocycles. The molecule has 29 heavy (non-hydrogen) atoms. The number of ether oxygens (including phenoxy) is 1. The van der Waals surface area contributed by atoms with Gasteiger partial charge in [0, 0.05) is 0 Å². The number of benzene rings is 2. The van der Waals surface area contributed by atoms with E-state index in [1.54, 1.807) is 0 Å². The van der Waals surface area contributed by atoms with Gasteiger partial charge in [0.15, 0.2) is 0 Å². The van der Waals surface area contributed by atoms with E-state index in [4.69, 9.17) is 4.74 Å². The number of carbonyl (C=O) groups excluding carboxylic acids is 1. The summed E-state index contributed by atoms with van der Waals surface area (Å²) in [6.45, 7) is 10.3. The van der Waals surface area contributed by atoms with Gasteiger partial charge in [0.2, 0.25) is 0 Å². The molecule has 154 valence electrons. The van der Waals surface area contributed by atoms with Crippen molar-refractivity contribution in [3.05, 3.63) is 59.2 Å². The summed E-state index contributed by atoms with van der Waals surface area (Å²) in [5.41, 5.74) is 5.46. The molecular formula is C26H34NO2+. The molecule has 0 amide bonds. The number of likely N-dealkylation sites (N-methyl/N-ethyl adjacent to an activating group) is 1. The first-order valence-electron chi connectivity index (χ1n) is 11.1. The smallest absolute Gasteiger partial charge is 0.321 e. The molecule has 0 aromatic heterocycles. The normalized spacial score (nSPS) is 20.0. The van der Waals surface area contributed by atoms with E-state index >= 15 is 0 Å². The van der Waals surface area contributed by atoms with Crippen LogP contribution in [0.15, 0.2) is 42.5 Å². The van der Waals surface area contributed by atoms with Crippen molar-refractivity contribution in [1.29, 1.82) is 0 Å². The first-order chi connectivity index (χ1) is 13.8. The highest BCUT2D eigenvalue weighted by Gasteiger charge is 2.52. The predicted octanol–water partition coefficient (Wildman–Crippen LogP) is 5.10. The molecule has 1 atom stereocenters. The Balaban J connectivity index is 1.67. The van der Waals surface area contributed by atoms with E-state index in [0.717, 1.165) is 35.9 Å². The molecule has 4 rings (SSSR count). The average molecular weight is 393 g/mol. The number of rotatable bonds is 6. The molecule has 0 saturated heterocycles. The molecule has 0 fully saturated rings. The SMILES string of the molecule is CC(C)[N+](C)(CCOC(=O)C12CCCc3cccc(c31)-c1ccccc12)C(C)C. The van der Waals surface area contributed by atoms with E-state index in [0.29, 0.717) is 18.7 Å². The topological polar surface area (TPSA) is 26.3 Å². The summed E-state index contributed by atoms with van der Waals surface area (Å²) in [6.07, 6.45) is 2.90. The Hall–Kier alpha value is -2.13. The summed E-state index contributed by atoms with van der Waals surface area (Å²) in [5.74, 6) is -0.0603. The fourth-order valence-electron chi connectivity index (χ4n) is 5.45. The lowest BCUT2D eigenvalue weighted by atomic mass is 9.69. The third kappa shape index (κ3) is 2.93. The number of aryl methyl sites for hydroxylation is 1. The molecule has 0 heterocycles. The molecule has 2 aromatic rings. The van der Waals surface area contributed by atoms with E-state index in [1.165, 1.54) is 22.3 Å². The third-order valence-corrected chi connectivity index (χ3v) is 7.77. The molecular weight excluding hydrogens is 358 g/mol. The van der Waals surface area contributed by atoms with Gasteiger partial charge in [-0.3, -0.25) is 4.79 Å². The van der Waals surface area contributed by atoms with Crippen molar-refractivity contribution in [3.63, 3.8) is 0 Å². The van der Waals surface area contributed by atoms with E-state index < -0.39 is 5.41 Å². The van der Waals surface area contributed by atoms with Crippen LogP contribution in [0.2, 0.25) is 0 Å². The van der Waals surface area contributed by atoms with Crippen LogP contribution in [-0.2, 0) is 21.4 Å². The van der Waals surface area contributed by atoms with Gasteiger partial charge in [-0.15, -0.1) is 0 Å². The van der Waals surface area contributed by atoms with Gasteiger partial charge in [-0.05, 0) is 74.8 Å². The van der Waals surface area contributed by atoms with Crippen LogP contribution < -0.4 is 0 Å². The zero-order valence-electron chi connectivity index (χ0n) is 18.5. The summed E-state index contributed by atoms with van der Waals surface area (Å²) < 4.78 is 6.97. The van der Waals surface area contributed by atoms with Crippen molar-refractivity contribution in [2.75, 3.05) is 20.2 Å². The van der Waals surface area contributed by atoms with Gasteiger partial charge in [-0.1, -0.05) is 42.5 Å². The zero-order chi connectivity index (χ0) is 20.8. The van der Waals surface area contributed by atoms with E-state index in [-0.39, 0.29) is 5.97 Å². The molecule has 0 spiro atoms. The fourth-order valence-corrected chi connectivity index (χ4v) is 5.45. The van der Waals surface area contributed by atoms with Crippen LogP contribution in [0.1, 0.15) is 57.2 Å². The van der Waals surface area contributed by atoms with Crippen molar-refractivity contribution in [1.82, 2.24) is 0 Å². The van der Waals surface area contributed by atoms with Crippen molar-refractivity contribution in [2.24, 2.45) is 0 Å². The predicted molar refractivity (Wildman–Crippen MR) is 118 cm³/mol. The largest absolute Gasteiger partial charge is 0.459 e. The Labute approximate surface area is 175 Å². The minimum Gasteiger partial charge on any atom is -0.459 e. The average Bonchev–Trinajstić information content (AvgIpc) is 3.01. The number of quaternary nitrogens is 1. The van der Waals surface area contributed by atoms with Crippen molar-refractivity contribution < 1.29 is 14.0 Å². The fraction of sp³-hybridized carbons (Fsp3) is 0.500. The molecule has 0 N–H and O–H groups in total. The number of hydrogen-bond acceptors (Lipinski definition) is 2. The van der Waals surface area contributed by atoms with Gasteiger partial charge in [-0.2, -0.15) is 0 Å². The highest BCUT2D eigenvalue weighted by Crippen LogP contribution is 2.55. The molecule has 2 aromatic carbocycles. The lowest BCUT2D eigenvalue weighted by molar-refractivity contribution is -0.949. The number of hydrogen-bond donors (Lipinski definition) is 0. The van der Waals surface area contributed by atoms with Crippen LogP contribution in [0.4, 0.5) is 0 Å². The van der Waals surface area contributed by atoms with Crippen molar-refractivity contribution in [2.45, 2.75) is 64.5 Å². The first kappa shape index (κ1) is 20.2. The maximum Gasteiger partial charge on any atom is 0.321 e. The molecule has 0 radical (unpaired) electrons. The summed E-state index contributed by atoms with van der Waals surface area (Å²) >= 11 is 0. The molecule has 3 heteroatoms. The number of esters is 1. The molecule has 2 aliphatic rings. The third-order valence-electron chi connectivity index (χ3n) is 7.77. The van der Waals surface area contributed by atoms with Crippen molar-refractivity contribution >= 4 is 5.97 Å². The zero-order valence-corrected chi connectivity index (χ0v) is 18.5. The van der Waals surface area contributed by atoms with Crippen LogP contribution in [0, 0.1) is 0 Å². The van der Waals surface area contributed by atoms with Gasteiger partial charge in [0.25, 0.3) is 0 Å². The lowest BCUT2D eigenvalue weighted by Gasteiger charge is -2.42. The van der Waals surface area contributed by atoms with Crippen LogP contribution >= 0.6 is 0 Å². The molecule has 0 bridgehead atoms. The van der Waals surface area contributed by atoms with Gasteiger partial charge >= 0.3 is 5.97 Å². The first-order valence-corrected chi connectivity index (χ1v) is 11.1. The van der Waals surface area contributed by atoms with Crippen LogP contribution in [0.5, 0.6) is 0 Å². The highest BCUT2D eigenvalue weighted by molar-refractivity contribution is 5.99. The van der Waals surface area contributed by atoms with Crippen molar-refractivity contribution in [3.8, 4) is 11.1 Å².